The quantitative estimate of drug-likeness (QED) is 0.454. The number of nitrogen functional groups attached to an aromatic ring is 1. The largest absolute Gasteiger partial charge is 0.462 e. The number of halogens is 1. The SMILES string of the molecule is CCOC(=O)c1cccc(Nc2ncnc(Sc3ccc(Cl)cc3)c2N)c1. The summed E-state index contributed by atoms with van der Waals surface area (Å²) in [6.07, 6.45) is 1.44. The van der Waals surface area contributed by atoms with Crippen molar-refractivity contribution < 1.29 is 9.53 Å². The van der Waals surface area contributed by atoms with E-state index in [1.165, 1.54) is 18.1 Å². The van der Waals surface area contributed by atoms with Crippen LogP contribution in [0.2, 0.25) is 5.02 Å². The number of aromatic nitrogens is 2. The maximum Gasteiger partial charge on any atom is 0.338 e. The van der Waals surface area contributed by atoms with Gasteiger partial charge in [-0.3, -0.25) is 0 Å². The molecule has 1 heterocycles. The van der Waals surface area contributed by atoms with E-state index in [1.54, 1.807) is 37.3 Å². The van der Waals surface area contributed by atoms with Gasteiger partial charge >= 0.3 is 5.97 Å². The number of benzene rings is 2. The number of nitrogens with zero attached hydrogens (tertiary/aromatic N) is 2. The number of nitrogens with one attached hydrogen (secondary N) is 1. The Morgan fingerprint density at radius 2 is 2.00 bits per heavy atom. The fourth-order valence-corrected chi connectivity index (χ4v) is 3.18. The Balaban J connectivity index is 1.81. The molecule has 0 saturated carbocycles. The molecule has 3 rings (SSSR count). The van der Waals surface area contributed by atoms with Crippen LogP contribution in [0.5, 0.6) is 0 Å². The van der Waals surface area contributed by atoms with E-state index in [2.05, 4.69) is 15.3 Å². The lowest BCUT2D eigenvalue weighted by atomic mass is 10.2. The average molecular weight is 401 g/mol. The molecular formula is C19H17ClN4O2S. The fourth-order valence-electron chi connectivity index (χ4n) is 2.25. The average Bonchev–Trinajstić information content (AvgIpc) is 2.67. The Labute approximate surface area is 166 Å². The number of esters is 1. The highest BCUT2D eigenvalue weighted by Gasteiger charge is 2.12. The van der Waals surface area contributed by atoms with E-state index in [0.717, 1.165) is 4.90 Å². The highest BCUT2D eigenvalue weighted by Crippen LogP contribution is 2.34. The van der Waals surface area contributed by atoms with Gasteiger partial charge in [0, 0.05) is 15.6 Å². The van der Waals surface area contributed by atoms with Gasteiger partial charge in [-0.1, -0.05) is 29.4 Å². The highest BCUT2D eigenvalue weighted by molar-refractivity contribution is 7.99. The van der Waals surface area contributed by atoms with Crippen LogP contribution in [0.3, 0.4) is 0 Å². The second-order valence-electron chi connectivity index (χ2n) is 5.42. The number of rotatable bonds is 6. The summed E-state index contributed by atoms with van der Waals surface area (Å²) in [5.41, 5.74) is 7.77. The molecule has 138 valence electrons. The van der Waals surface area contributed by atoms with Crippen molar-refractivity contribution in [1.82, 2.24) is 9.97 Å². The summed E-state index contributed by atoms with van der Waals surface area (Å²) < 4.78 is 5.02. The van der Waals surface area contributed by atoms with Gasteiger partial charge < -0.3 is 15.8 Å². The normalized spacial score (nSPS) is 10.4. The summed E-state index contributed by atoms with van der Waals surface area (Å²) in [5.74, 6) is 0.0817. The molecule has 3 N–H and O–H groups in total. The lowest BCUT2D eigenvalue weighted by Gasteiger charge is -2.11. The summed E-state index contributed by atoms with van der Waals surface area (Å²) in [7, 11) is 0. The summed E-state index contributed by atoms with van der Waals surface area (Å²) in [5, 5.41) is 4.41. The molecule has 0 aliphatic rings. The molecule has 0 bridgehead atoms. The molecular weight excluding hydrogens is 384 g/mol. The van der Waals surface area contributed by atoms with E-state index in [9.17, 15) is 4.79 Å². The zero-order valence-electron chi connectivity index (χ0n) is 14.5. The van der Waals surface area contributed by atoms with Crippen LogP contribution in [0.4, 0.5) is 17.2 Å². The monoisotopic (exact) mass is 400 g/mol. The first-order chi connectivity index (χ1) is 13.1. The van der Waals surface area contributed by atoms with E-state index in [0.29, 0.717) is 39.4 Å². The summed E-state index contributed by atoms with van der Waals surface area (Å²) in [4.78, 5) is 21.3. The first-order valence-corrected chi connectivity index (χ1v) is 9.34. The zero-order valence-corrected chi connectivity index (χ0v) is 16.1. The molecule has 8 heteroatoms. The smallest absolute Gasteiger partial charge is 0.338 e. The van der Waals surface area contributed by atoms with Crippen molar-refractivity contribution in [2.75, 3.05) is 17.7 Å². The van der Waals surface area contributed by atoms with Gasteiger partial charge in [0.1, 0.15) is 17.0 Å². The summed E-state index contributed by atoms with van der Waals surface area (Å²) in [6, 6.07) is 14.4. The molecule has 0 saturated heterocycles. The molecule has 2 aromatic carbocycles. The van der Waals surface area contributed by atoms with Gasteiger partial charge in [0.15, 0.2) is 5.82 Å². The van der Waals surface area contributed by atoms with Gasteiger partial charge in [-0.05, 0) is 49.4 Å². The predicted molar refractivity (Wildman–Crippen MR) is 108 cm³/mol. The van der Waals surface area contributed by atoms with Crippen LogP contribution in [0, 0.1) is 0 Å². The van der Waals surface area contributed by atoms with Crippen LogP contribution in [0.25, 0.3) is 0 Å². The molecule has 3 aromatic rings. The third-order valence-electron chi connectivity index (χ3n) is 3.51. The molecule has 0 spiro atoms. The Bertz CT molecular complexity index is 951. The lowest BCUT2D eigenvalue weighted by Crippen LogP contribution is -2.06. The maximum atomic E-state index is 11.9. The third-order valence-corrected chi connectivity index (χ3v) is 4.79. The van der Waals surface area contributed by atoms with Crippen molar-refractivity contribution in [2.24, 2.45) is 0 Å². The minimum Gasteiger partial charge on any atom is -0.462 e. The van der Waals surface area contributed by atoms with Crippen LogP contribution in [-0.4, -0.2) is 22.5 Å². The standard InChI is InChI=1S/C19H17ClN4O2S/c1-2-26-19(25)12-4-3-5-14(10-12)24-17-16(21)18(23-11-22-17)27-15-8-6-13(20)7-9-15/h3-11H,2,21H2,1H3,(H,22,23,24). The maximum absolute atomic E-state index is 11.9. The molecule has 1 aromatic heterocycles. The van der Waals surface area contributed by atoms with Gasteiger partial charge in [0.25, 0.3) is 0 Å². The fraction of sp³-hybridized carbons (Fsp3) is 0.105. The first kappa shape index (κ1) is 19.0. The molecule has 0 aliphatic carbocycles. The van der Waals surface area contributed by atoms with Crippen molar-refractivity contribution in [1.29, 1.82) is 0 Å². The minimum absolute atomic E-state index is 0.320. The van der Waals surface area contributed by atoms with E-state index in [1.807, 2.05) is 18.2 Å². The van der Waals surface area contributed by atoms with Crippen LogP contribution in [0.1, 0.15) is 17.3 Å². The summed E-state index contributed by atoms with van der Waals surface area (Å²) >= 11 is 7.33. The molecule has 0 unspecified atom stereocenters. The number of hydrogen-bond donors (Lipinski definition) is 2. The number of nitrogens with two attached hydrogens (primary N) is 1. The van der Waals surface area contributed by atoms with Gasteiger partial charge in [-0.25, -0.2) is 14.8 Å². The number of hydrogen-bond acceptors (Lipinski definition) is 7. The Morgan fingerprint density at radius 1 is 1.22 bits per heavy atom. The van der Waals surface area contributed by atoms with Crippen molar-refractivity contribution in [3.8, 4) is 0 Å². The Hall–Kier alpha value is -2.77. The van der Waals surface area contributed by atoms with Gasteiger partial charge in [0.05, 0.1) is 12.2 Å². The number of ether oxygens (including phenoxy) is 1. The van der Waals surface area contributed by atoms with Crippen molar-refractivity contribution >= 4 is 46.5 Å². The molecule has 0 aliphatic heterocycles. The number of carbonyl (C=O) groups is 1. The van der Waals surface area contributed by atoms with E-state index < -0.39 is 0 Å². The third kappa shape index (κ3) is 4.90. The topological polar surface area (TPSA) is 90.1 Å². The Morgan fingerprint density at radius 3 is 2.74 bits per heavy atom. The van der Waals surface area contributed by atoms with Crippen molar-refractivity contribution in [3.05, 3.63) is 65.4 Å². The van der Waals surface area contributed by atoms with E-state index in [-0.39, 0.29) is 5.97 Å². The van der Waals surface area contributed by atoms with Crippen LogP contribution in [0.15, 0.2) is 64.8 Å². The van der Waals surface area contributed by atoms with Gasteiger partial charge in [0.2, 0.25) is 0 Å². The molecule has 27 heavy (non-hydrogen) atoms. The molecule has 0 atom stereocenters. The lowest BCUT2D eigenvalue weighted by molar-refractivity contribution is 0.0526. The van der Waals surface area contributed by atoms with Gasteiger partial charge in [-0.15, -0.1) is 0 Å². The second-order valence-corrected chi connectivity index (χ2v) is 6.92. The van der Waals surface area contributed by atoms with Crippen LogP contribution >= 0.6 is 23.4 Å². The van der Waals surface area contributed by atoms with Crippen LogP contribution < -0.4 is 11.1 Å². The first-order valence-electron chi connectivity index (χ1n) is 8.15. The minimum atomic E-state index is -0.379. The van der Waals surface area contributed by atoms with E-state index >= 15 is 0 Å². The highest BCUT2D eigenvalue weighted by atomic mass is 35.5. The molecule has 0 radical (unpaired) electrons. The number of carbonyl (C=O) groups excluding carboxylic acids is 1. The number of anilines is 3. The van der Waals surface area contributed by atoms with Crippen molar-refractivity contribution in [3.63, 3.8) is 0 Å². The molecule has 0 amide bonds. The van der Waals surface area contributed by atoms with Gasteiger partial charge in [-0.2, -0.15) is 0 Å². The second kappa shape index (κ2) is 8.75. The molecule has 0 fully saturated rings. The Kier molecular flexibility index (Phi) is 6.16. The van der Waals surface area contributed by atoms with Crippen molar-refractivity contribution in [2.45, 2.75) is 16.8 Å². The molecule has 6 nitrogen and oxygen atoms in total. The van der Waals surface area contributed by atoms with E-state index in [4.69, 9.17) is 22.1 Å². The zero-order chi connectivity index (χ0) is 19.2. The summed E-state index contributed by atoms with van der Waals surface area (Å²) in [6.45, 7) is 2.09. The predicted octanol–water partition coefficient (Wildman–Crippen LogP) is 4.78. The van der Waals surface area contributed by atoms with Crippen LogP contribution in [-0.2, 0) is 4.74 Å².